The highest BCUT2D eigenvalue weighted by Crippen LogP contribution is 2.25. The zero-order valence-electron chi connectivity index (χ0n) is 15.3. The summed E-state index contributed by atoms with van der Waals surface area (Å²) >= 11 is 0. The molecule has 4 rings (SSSR count). The molecule has 2 amide bonds. The normalized spacial score (nSPS) is 17.1. The number of hydrogen-bond donors (Lipinski definition) is 2. The Morgan fingerprint density at radius 3 is 2.71 bits per heavy atom. The van der Waals surface area contributed by atoms with Crippen LogP contribution in [0.25, 0.3) is 0 Å². The summed E-state index contributed by atoms with van der Waals surface area (Å²) in [4.78, 5) is 24.2. The fourth-order valence-electron chi connectivity index (χ4n) is 3.62. The third-order valence-corrected chi connectivity index (χ3v) is 6.93. The van der Waals surface area contributed by atoms with E-state index in [0.717, 1.165) is 23.6 Å². The van der Waals surface area contributed by atoms with Crippen molar-refractivity contribution in [3.05, 3.63) is 59.2 Å². The molecule has 1 aliphatic heterocycles. The summed E-state index contributed by atoms with van der Waals surface area (Å²) in [6, 6.07) is 11.8. The summed E-state index contributed by atoms with van der Waals surface area (Å²) in [5, 5.41) is 5.44. The number of fused-ring (bicyclic) bond motifs is 1. The third-order valence-electron chi connectivity index (χ3n) is 5.09. The van der Waals surface area contributed by atoms with Crippen molar-refractivity contribution in [1.29, 1.82) is 0 Å². The standard InChI is InChI=1S/C20H21N3O4S/c24-19-13-23(10-9-21-19)28(26,27)18-6-2-5-16(12-18)20(25)22-17-8-7-14-3-1-4-15(14)11-17/h2,5-8,11-12H,1,3-4,9-10,13H2,(H,21,24)(H,22,25). The lowest BCUT2D eigenvalue weighted by molar-refractivity contribution is -0.122. The highest BCUT2D eigenvalue weighted by Gasteiger charge is 2.29. The number of carbonyl (C=O) groups is 2. The predicted molar refractivity (Wildman–Crippen MR) is 105 cm³/mol. The van der Waals surface area contributed by atoms with Gasteiger partial charge in [-0.05, 0) is 60.7 Å². The molecule has 2 aromatic rings. The number of benzene rings is 2. The Kier molecular flexibility index (Phi) is 4.91. The second-order valence-corrected chi connectivity index (χ2v) is 8.95. The van der Waals surface area contributed by atoms with Gasteiger partial charge < -0.3 is 10.6 Å². The summed E-state index contributed by atoms with van der Waals surface area (Å²) in [6.07, 6.45) is 3.20. The molecule has 1 heterocycles. The topological polar surface area (TPSA) is 95.6 Å². The van der Waals surface area contributed by atoms with Crippen molar-refractivity contribution in [3.63, 3.8) is 0 Å². The van der Waals surface area contributed by atoms with Crippen molar-refractivity contribution in [2.24, 2.45) is 0 Å². The number of sulfonamides is 1. The maximum absolute atomic E-state index is 12.8. The molecule has 0 spiro atoms. The van der Waals surface area contributed by atoms with Crippen LogP contribution in [0.1, 0.15) is 27.9 Å². The number of aryl methyl sites for hydroxylation is 2. The van der Waals surface area contributed by atoms with Crippen LogP contribution in [0.4, 0.5) is 5.69 Å². The van der Waals surface area contributed by atoms with E-state index < -0.39 is 10.0 Å². The highest BCUT2D eigenvalue weighted by molar-refractivity contribution is 7.89. The van der Waals surface area contributed by atoms with Crippen LogP contribution in [0.15, 0.2) is 47.4 Å². The minimum absolute atomic E-state index is 0.00352. The minimum atomic E-state index is -3.84. The van der Waals surface area contributed by atoms with Crippen LogP contribution in [-0.2, 0) is 27.7 Å². The lowest BCUT2D eigenvalue weighted by atomic mass is 10.1. The smallest absolute Gasteiger partial charge is 0.255 e. The van der Waals surface area contributed by atoms with Gasteiger partial charge in [0, 0.05) is 24.3 Å². The summed E-state index contributed by atoms with van der Waals surface area (Å²) < 4.78 is 26.7. The first-order valence-electron chi connectivity index (χ1n) is 9.23. The molecule has 0 bridgehead atoms. The monoisotopic (exact) mass is 399 g/mol. The Morgan fingerprint density at radius 2 is 1.89 bits per heavy atom. The molecule has 0 radical (unpaired) electrons. The van der Waals surface area contributed by atoms with E-state index in [2.05, 4.69) is 10.6 Å². The van der Waals surface area contributed by atoms with Crippen LogP contribution in [-0.4, -0.2) is 44.2 Å². The molecule has 1 saturated heterocycles. The Labute approximate surface area is 163 Å². The second-order valence-electron chi connectivity index (χ2n) is 7.01. The largest absolute Gasteiger partial charge is 0.354 e. The van der Waals surface area contributed by atoms with Gasteiger partial charge in [-0.25, -0.2) is 8.42 Å². The van der Waals surface area contributed by atoms with Crippen LogP contribution < -0.4 is 10.6 Å². The van der Waals surface area contributed by atoms with Crippen molar-refractivity contribution in [1.82, 2.24) is 9.62 Å². The molecule has 0 atom stereocenters. The summed E-state index contributed by atoms with van der Waals surface area (Å²) in [5.74, 6) is -0.702. The Bertz CT molecular complexity index is 1050. The molecule has 2 aromatic carbocycles. The predicted octanol–water partition coefficient (Wildman–Crippen LogP) is 1.55. The third kappa shape index (κ3) is 3.65. The first-order valence-corrected chi connectivity index (χ1v) is 10.7. The van der Waals surface area contributed by atoms with E-state index in [-0.39, 0.29) is 41.9 Å². The quantitative estimate of drug-likeness (QED) is 0.815. The average Bonchev–Trinajstić information content (AvgIpc) is 3.16. The zero-order chi connectivity index (χ0) is 19.7. The van der Waals surface area contributed by atoms with Crippen LogP contribution in [0.3, 0.4) is 0 Å². The van der Waals surface area contributed by atoms with Gasteiger partial charge in [0.25, 0.3) is 5.91 Å². The van der Waals surface area contributed by atoms with Crippen molar-refractivity contribution >= 4 is 27.5 Å². The van der Waals surface area contributed by atoms with Crippen molar-refractivity contribution in [2.75, 3.05) is 25.0 Å². The molecule has 0 aromatic heterocycles. The fraction of sp³-hybridized carbons (Fsp3) is 0.300. The Hall–Kier alpha value is -2.71. The first kappa shape index (κ1) is 18.6. The van der Waals surface area contributed by atoms with Crippen LogP contribution >= 0.6 is 0 Å². The van der Waals surface area contributed by atoms with Crippen LogP contribution in [0.5, 0.6) is 0 Å². The molecular weight excluding hydrogens is 378 g/mol. The van der Waals surface area contributed by atoms with Gasteiger partial charge in [0.2, 0.25) is 15.9 Å². The molecular formula is C20H21N3O4S. The zero-order valence-corrected chi connectivity index (χ0v) is 16.1. The van der Waals surface area contributed by atoms with E-state index in [0.29, 0.717) is 5.69 Å². The van der Waals surface area contributed by atoms with E-state index in [1.807, 2.05) is 18.2 Å². The van der Waals surface area contributed by atoms with E-state index in [9.17, 15) is 18.0 Å². The van der Waals surface area contributed by atoms with Crippen molar-refractivity contribution in [2.45, 2.75) is 24.2 Å². The van der Waals surface area contributed by atoms with Crippen LogP contribution in [0, 0.1) is 0 Å². The van der Waals surface area contributed by atoms with Gasteiger partial charge >= 0.3 is 0 Å². The Morgan fingerprint density at radius 1 is 1.07 bits per heavy atom. The molecule has 2 N–H and O–H groups in total. The lowest BCUT2D eigenvalue weighted by Crippen LogP contribution is -2.49. The molecule has 8 heteroatoms. The molecule has 146 valence electrons. The number of piperazine rings is 1. The summed E-state index contributed by atoms with van der Waals surface area (Å²) in [7, 11) is -3.84. The SMILES string of the molecule is O=C1CN(S(=O)(=O)c2cccc(C(=O)Nc3ccc4c(c3)CCC4)c2)CCN1. The number of rotatable bonds is 4. The number of nitrogens with zero attached hydrogens (tertiary/aromatic N) is 1. The number of nitrogens with one attached hydrogen (secondary N) is 2. The second kappa shape index (κ2) is 7.37. The number of hydrogen-bond acceptors (Lipinski definition) is 4. The van der Waals surface area contributed by atoms with E-state index in [1.165, 1.54) is 29.3 Å². The molecule has 0 saturated carbocycles. The highest BCUT2D eigenvalue weighted by atomic mass is 32.2. The van der Waals surface area contributed by atoms with Crippen LogP contribution in [0.2, 0.25) is 0 Å². The molecule has 28 heavy (non-hydrogen) atoms. The fourth-order valence-corrected chi connectivity index (χ4v) is 5.06. The maximum atomic E-state index is 12.8. The van der Waals surface area contributed by atoms with Gasteiger partial charge in [-0.15, -0.1) is 0 Å². The summed E-state index contributed by atoms with van der Waals surface area (Å²) in [5.41, 5.74) is 3.52. The number of amides is 2. The van der Waals surface area contributed by atoms with Gasteiger partial charge in [-0.2, -0.15) is 4.31 Å². The maximum Gasteiger partial charge on any atom is 0.255 e. The first-order chi connectivity index (χ1) is 13.4. The van der Waals surface area contributed by atoms with Gasteiger partial charge in [-0.1, -0.05) is 12.1 Å². The summed E-state index contributed by atoms with van der Waals surface area (Å²) in [6.45, 7) is 0.268. The Balaban J connectivity index is 1.54. The molecule has 1 aliphatic carbocycles. The lowest BCUT2D eigenvalue weighted by Gasteiger charge is -2.26. The average molecular weight is 399 g/mol. The van der Waals surface area contributed by atoms with Gasteiger partial charge in [0.05, 0.1) is 11.4 Å². The molecule has 2 aliphatic rings. The number of anilines is 1. The molecule has 0 unspecified atom stereocenters. The van der Waals surface area contributed by atoms with Gasteiger partial charge in [-0.3, -0.25) is 9.59 Å². The molecule has 1 fully saturated rings. The van der Waals surface area contributed by atoms with E-state index >= 15 is 0 Å². The van der Waals surface area contributed by atoms with E-state index in [1.54, 1.807) is 6.07 Å². The van der Waals surface area contributed by atoms with Crippen molar-refractivity contribution < 1.29 is 18.0 Å². The molecule has 7 nitrogen and oxygen atoms in total. The minimum Gasteiger partial charge on any atom is -0.354 e. The number of carbonyl (C=O) groups excluding carboxylic acids is 2. The van der Waals surface area contributed by atoms with Gasteiger partial charge in [0.15, 0.2) is 0 Å². The van der Waals surface area contributed by atoms with Crippen molar-refractivity contribution in [3.8, 4) is 0 Å². The van der Waals surface area contributed by atoms with Gasteiger partial charge in [0.1, 0.15) is 0 Å². The van der Waals surface area contributed by atoms with E-state index in [4.69, 9.17) is 0 Å².